The van der Waals surface area contributed by atoms with E-state index >= 15 is 0 Å². The molecule has 2 heterocycles. The van der Waals surface area contributed by atoms with Crippen LogP contribution < -0.4 is 5.43 Å². The number of carbonyl (C=O) groups is 1. The van der Waals surface area contributed by atoms with Crippen LogP contribution in [0.2, 0.25) is 0 Å². The lowest BCUT2D eigenvalue weighted by Gasteiger charge is -2.33. The standard InChI is InChI=1S/C10H18N2O3/c1-8(13)7-12-9(14)6-10(11-12)2-4-15-5-3-10/h8,11,13H,2-7H2,1H3. The van der Waals surface area contributed by atoms with E-state index in [9.17, 15) is 9.90 Å². The Kier molecular flexibility index (Phi) is 2.95. The quantitative estimate of drug-likeness (QED) is 0.660. The second-order valence-corrected chi connectivity index (χ2v) is 4.53. The van der Waals surface area contributed by atoms with Crippen LogP contribution in [0, 0.1) is 0 Å². The molecule has 0 aromatic carbocycles. The van der Waals surface area contributed by atoms with Crippen LogP contribution in [-0.4, -0.2) is 47.4 Å². The summed E-state index contributed by atoms with van der Waals surface area (Å²) in [6.07, 6.45) is 1.78. The Morgan fingerprint density at radius 3 is 2.87 bits per heavy atom. The summed E-state index contributed by atoms with van der Waals surface area (Å²) >= 11 is 0. The minimum Gasteiger partial charge on any atom is -0.392 e. The fraction of sp³-hybridized carbons (Fsp3) is 0.900. The Bertz CT molecular complexity index is 249. The number of hydrogen-bond donors (Lipinski definition) is 2. The number of amides is 1. The highest BCUT2D eigenvalue weighted by Gasteiger charge is 2.43. The molecule has 5 nitrogen and oxygen atoms in total. The highest BCUT2D eigenvalue weighted by molar-refractivity contribution is 5.79. The Morgan fingerprint density at radius 2 is 2.27 bits per heavy atom. The number of nitrogens with one attached hydrogen (secondary N) is 1. The largest absolute Gasteiger partial charge is 0.392 e. The van der Waals surface area contributed by atoms with Gasteiger partial charge in [0, 0.05) is 19.6 Å². The summed E-state index contributed by atoms with van der Waals surface area (Å²) in [6.45, 7) is 3.47. The van der Waals surface area contributed by atoms with Crippen molar-refractivity contribution in [3.63, 3.8) is 0 Å². The molecule has 0 aliphatic carbocycles. The molecule has 2 saturated heterocycles. The summed E-state index contributed by atoms with van der Waals surface area (Å²) in [7, 11) is 0. The predicted molar refractivity (Wildman–Crippen MR) is 53.9 cm³/mol. The smallest absolute Gasteiger partial charge is 0.238 e. The van der Waals surface area contributed by atoms with Gasteiger partial charge in [-0.3, -0.25) is 9.80 Å². The van der Waals surface area contributed by atoms with Crippen LogP contribution in [0.3, 0.4) is 0 Å². The lowest BCUT2D eigenvalue weighted by Crippen LogP contribution is -2.50. The van der Waals surface area contributed by atoms with Crippen LogP contribution in [0.1, 0.15) is 26.2 Å². The molecular formula is C10H18N2O3. The predicted octanol–water partition coefficient (Wildman–Crippen LogP) is -0.347. The van der Waals surface area contributed by atoms with Crippen LogP contribution in [0.15, 0.2) is 0 Å². The first-order valence-corrected chi connectivity index (χ1v) is 5.45. The molecule has 2 rings (SSSR count). The third-order valence-corrected chi connectivity index (χ3v) is 3.06. The topological polar surface area (TPSA) is 61.8 Å². The van der Waals surface area contributed by atoms with Gasteiger partial charge >= 0.3 is 0 Å². The summed E-state index contributed by atoms with van der Waals surface area (Å²) in [5.74, 6) is 0.0813. The van der Waals surface area contributed by atoms with Gasteiger partial charge in [0.1, 0.15) is 0 Å². The van der Waals surface area contributed by atoms with E-state index in [-0.39, 0.29) is 11.4 Å². The molecule has 0 saturated carbocycles. The average Bonchev–Trinajstić information content (AvgIpc) is 2.43. The van der Waals surface area contributed by atoms with Crippen molar-refractivity contribution in [2.75, 3.05) is 19.8 Å². The Balaban J connectivity index is 1.98. The molecular weight excluding hydrogens is 196 g/mol. The summed E-state index contributed by atoms with van der Waals surface area (Å²) in [4.78, 5) is 11.7. The van der Waals surface area contributed by atoms with Gasteiger partial charge in [-0.15, -0.1) is 0 Å². The average molecular weight is 214 g/mol. The van der Waals surface area contributed by atoms with Gasteiger partial charge in [0.15, 0.2) is 0 Å². The molecule has 5 heteroatoms. The van der Waals surface area contributed by atoms with E-state index in [2.05, 4.69) is 5.43 Å². The van der Waals surface area contributed by atoms with Crippen molar-refractivity contribution in [3.8, 4) is 0 Å². The number of ether oxygens (including phenoxy) is 1. The summed E-state index contributed by atoms with van der Waals surface area (Å²) in [5, 5.41) is 10.8. The highest BCUT2D eigenvalue weighted by atomic mass is 16.5. The molecule has 2 aliphatic rings. The maximum atomic E-state index is 11.7. The molecule has 0 aromatic heterocycles. The van der Waals surface area contributed by atoms with Gasteiger partial charge in [-0.2, -0.15) is 0 Å². The molecule has 2 aliphatic heterocycles. The van der Waals surface area contributed by atoms with Crippen molar-refractivity contribution in [1.82, 2.24) is 10.4 Å². The van der Waals surface area contributed by atoms with Crippen LogP contribution in [0.4, 0.5) is 0 Å². The second-order valence-electron chi connectivity index (χ2n) is 4.53. The third kappa shape index (κ3) is 2.30. The maximum Gasteiger partial charge on any atom is 0.238 e. The minimum atomic E-state index is -0.489. The van der Waals surface area contributed by atoms with E-state index in [1.807, 2.05) is 0 Å². The van der Waals surface area contributed by atoms with E-state index in [1.165, 1.54) is 0 Å². The van der Waals surface area contributed by atoms with Gasteiger partial charge in [0.25, 0.3) is 0 Å². The van der Waals surface area contributed by atoms with E-state index in [0.717, 1.165) is 12.8 Å². The van der Waals surface area contributed by atoms with Crippen molar-refractivity contribution in [1.29, 1.82) is 0 Å². The maximum absolute atomic E-state index is 11.7. The van der Waals surface area contributed by atoms with Gasteiger partial charge in [-0.25, -0.2) is 5.43 Å². The molecule has 2 fully saturated rings. The first kappa shape index (κ1) is 10.9. The lowest BCUT2D eigenvalue weighted by atomic mass is 9.89. The molecule has 1 spiro atoms. The number of rotatable bonds is 2. The molecule has 2 N–H and O–H groups in total. The van der Waals surface area contributed by atoms with Gasteiger partial charge < -0.3 is 9.84 Å². The van der Waals surface area contributed by atoms with Gasteiger partial charge in [0.05, 0.1) is 18.2 Å². The number of hydrogen-bond acceptors (Lipinski definition) is 4. The summed E-state index contributed by atoms with van der Waals surface area (Å²) < 4.78 is 5.29. The molecule has 1 amide bonds. The zero-order chi connectivity index (χ0) is 10.9. The Morgan fingerprint density at radius 1 is 1.60 bits per heavy atom. The molecule has 86 valence electrons. The van der Waals surface area contributed by atoms with Crippen molar-refractivity contribution < 1.29 is 14.6 Å². The molecule has 0 radical (unpaired) electrons. The molecule has 15 heavy (non-hydrogen) atoms. The molecule has 0 bridgehead atoms. The van der Waals surface area contributed by atoms with Gasteiger partial charge in [-0.05, 0) is 19.8 Å². The fourth-order valence-electron chi connectivity index (χ4n) is 2.24. The molecule has 1 atom stereocenters. The van der Waals surface area contributed by atoms with Crippen LogP contribution in [-0.2, 0) is 9.53 Å². The third-order valence-electron chi connectivity index (χ3n) is 3.06. The number of aliphatic hydroxyl groups excluding tert-OH is 1. The Labute approximate surface area is 89.4 Å². The highest BCUT2D eigenvalue weighted by Crippen LogP contribution is 2.30. The van der Waals surface area contributed by atoms with Crippen molar-refractivity contribution in [2.24, 2.45) is 0 Å². The second kappa shape index (κ2) is 4.08. The van der Waals surface area contributed by atoms with Crippen molar-refractivity contribution >= 4 is 5.91 Å². The number of aliphatic hydroxyl groups is 1. The number of β-amino-alcohol motifs (C(OH)–C–C–N with tert-alkyl or cyclic N) is 1. The van der Waals surface area contributed by atoms with Gasteiger partial charge in [0.2, 0.25) is 5.91 Å². The zero-order valence-electron chi connectivity index (χ0n) is 9.03. The fourth-order valence-corrected chi connectivity index (χ4v) is 2.24. The van der Waals surface area contributed by atoms with Crippen molar-refractivity contribution in [2.45, 2.75) is 37.8 Å². The lowest BCUT2D eigenvalue weighted by molar-refractivity contribution is -0.130. The summed E-state index contributed by atoms with van der Waals surface area (Å²) in [6, 6.07) is 0. The first-order valence-electron chi connectivity index (χ1n) is 5.45. The zero-order valence-corrected chi connectivity index (χ0v) is 9.03. The molecule has 1 unspecified atom stereocenters. The van der Waals surface area contributed by atoms with E-state index in [0.29, 0.717) is 26.2 Å². The first-order chi connectivity index (χ1) is 7.11. The SMILES string of the molecule is CC(O)CN1NC2(CCOCC2)CC1=O. The number of carbonyl (C=O) groups excluding carboxylic acids is 1. The monoisotopic (exact) mass is 214 g/mol. The van der Waals surface area contributed by atoms with E-state index < -0.39 is 6.10 Å². The van der Waals surface area contributed by atoms with Crippen LogP contribution in [0.25, 0.3) is 0 Å². The van der Waals surface area contributed by atoms with Crippen LogP contribution in [0.5, 0.6) is 0 Å². The normalized spacial score (nSPS) is 27.3. The van der Waals surface area contributed by atoms with Gasteiger partial charge in [-0.1, -0.05) is 0 Å². The Hall–Kier alpha value is -0.650. The summed E-state index contributed by atoms with van der Waals surface area (Å²) in [5.41, 5.74) is 3.12. The minimum absolute atomic E-state index is 0.0813. The van der Waals surface area contributed by atoms with Crippen LogP contribution >= 0.6 is 0 Å². The van der Waals surface area contributed by atoms with E-state index in [4.69, 9.17) is 4.74 Å². The number of hydrazine groups is 1. The van der Waals surface area contributed by atoms with Crippen molar-refractivity contribution in [3.05, 3.63) is 0 Å². The van der Waals surface area contributed by atoms with E-state index in [1.54, 1.807) is 11.9 Å². The number of nitrogens with zero attached hydrogens (tertiary/aromatic N) is 1. The molecule has 0 aromatic rings.